The predicted molar refractivity (Wildman–Crippen MR) is 141 cm³/mol. The lowest BCUT2D eigenvalue weighted by atomic mass is 9.89. The van der Waals surface area contributed by atoms with Crippen molar-refractivity contribution in [1.29, 1.82) is 0 Å². The molecule has 0 spiro atoms. The van der Waals surface area contributed by atoms with Crippen LogP contribution >= 0.6 is 11.6 Å². The molecular weight excluding hydrogens is 543 g/mol. The topological polar surface area (TPSA) is 90.3 Å². The van der Waals surface area contributed by atoms with Crippen molar-refractivity contribution in [1.82, 2.24) is 15.1 Å². The number of nitrogens with one attached hydrogen (secondary N) is 1. The molecule has 2 aromatic rings. The Labute approximate surface area is 227 Å². The molecule has 1 saturated carbocycles. The number of benzene rings is 1. The zero-order valence-corrected chi connectivity index (χ0v) is 23.6. The number of sulfone groups is 1. The van der Waals surface area contributed by atoms with Crippen LogP contribution in [-0.4, -0.2) is 55.4 Å². The van der Waals surface area contributed by atoms with Crippen LogP contribution in [0, 0.1) is 11.8 Å². The zero-order valence-electron chi connectivity index (χ0n) is 22.1. The number of aryl methyl sites for hydroxylation is 1. The van der Waals surface area contributed by atoms with Crippen molar-refractivity contribution in [3.63, 3.8) is 0 Å². The van der Waals surface area contributed by atoms with E-state index in [2.05, 4.69) is 10.4 Å². The number of amides is 1. The molecule has 0 bridgehead atoms. The van der Waals surface area contributed by atoms with Crippen LogP contribution in [0.1, 0.15) is 62.0 Å². The van der Waals surface area contributed by atoms with E-state index in [0.29, 0.717) is 67.8 Å². The molecule has 1 atom stereocenters. The highest BCUT2D eigenvalue weighted by molar-refractivity contribution is 7.91. The lowest BCUT2D eigenvalue weighted by molar-refractivity contribution is -0.169. The molecule has 1 aromatic carbocycles. The van der Waals surface area contributed by atoms with E-state index in [-0.39, 0.29) is 28.3 Å². The van der Waals surface area contributed by atoms with Crippen molar-refractivity contribution in [3.8, 4) is 17.0 Å². The monoisotopic (exact) mass is 577 g/mol. The van der Waals surface area contributed by atoms with Crippen LogP contribution in [0.5, 0.6) is 5.75 Å². The number of alkyl halides is 3. The minimum atomic E-state index is -4.30. The first kappa shape index (κ1) is 30.3. The van der Waals surface area contributed by atoms with Gasteiger partial charge in [-0.05, 0) is 62.1 Å². The SMILES string of the molecule is CCCn1nc(C(=O)NCC2CCC(S(C)(=O)=O)CC2)c(Cl)c1-c1ccc(C[C@@H](C)C(F)(F)F)cc1OC. The molecule has 38 heavy (non-hydrogen) atoms. The third-order valence-electron chi connectivity index (χ3n) is 7.12. The van der Waals surface area contributed by atoms with Crippen molar-refractivity contribution < 1.29 is 31.1 Å². The molecule has 1 fully saturated rings. The summed E-state index contributed by atoms with van der Waals surface area (Å²) in [5.74, 6) is -1.44. The third-order valence-corrected chi connectivity index (χ3v) is 9.16. The molecule has 1 amide bonds. The van der Waals surface area contributed by atoms with Crippen LogP contribution in [0.4, 0.5) is 13.2 Å². The van der Waals surface area contributed by atoms with E-state index in [1.807, 2.05) is 6.92 Å². The lowest BCUT2D eigenvalue weighted by Crippen LogP contribution is -2.34. The average molecular weight is 578 g/mol. The Balaban J connectivity index is 1.81. The number of halogens is 4. The molecule has 12 heteroatoms. The number of aromatic nitrogens is 2. The van der Waals surface area contributed by atoms with Gasteiger partial charge in [0.05, 0.1) is 29.0 Å². The summed E-state index contributed by atoms with van der Waals surface area (Å²) in [5.41, 5.74) is 1.51. The number of methoxy groups -OCH3 is 1. The van der Waals surface area contributed by atoms with Gasteiger partial charge in [0.25, 0.3) is 5.91 Å². The smallest absolute Gasteiger partial charge is 0.391 e. The van der Waals surface area contributed by atoms with Crippen LogP contribution in [0.25, 0.3) is 11.3 Å². The van der Waals surface area contributed by atoms with Crippen molar-refractivity contribution in [2.24, 2.45) is 11.8 Å². The maximum atomic E-state index is 13.1. The van der Waals surface area contributed by atoms with Crippen LogP contribution in [0.2, 0.25) is 5.02 Å². The van der Waals surface area contributed by atoms with Gasteiger partial charge >= 0.3 is 6.18 Å². The molecule has 212 valence electrons. The van der Waals surface area contributed by atoms with Gasteiger partial charge in [0.2, 0.25) is 0 Å². The number of nitrogens with zero attached hydrogens (tertiary/aromatic N) is 2. The van der Waals surface area contributed by atoms with Crippen molar-refractivity contribution in [2.75, 3.05) is 19.9 Å². The van der Waals surface area contributed by atoms with Crippen LogP contribution in [0.3, 0.4) is 0 Å². The average Bonchev–Trinajstić information content (AvgIpc) is 3.17. The summed E-state index contributed by atoms with van der Waals surface area (Å²) in [7, 11) is -1.64. The Morgan fingerprint density at radius 1 is 1.26 bits per heavy atom. The first-order valence-corrected chi connectivity index (χ1v) is 15.1. The molecule has 0 saturated heterocycles. The Bertz CT molecular complexity index is 1240. The van der Waals surface area contributed by atoms with Gasteiger partial charge in [-0.3, -0.25) is 9.48 Å². The molecule has 1 aliphatic rings. The molecule has 3 rings (SSSR count). The van der Waals surface area contributed by atoms with E-state index in [4.69, 9.17) is 16.3 Å². The highest BCUT2D eigenvalue weighted by Crippen LogP contribution is 2.39. The van der Waals surface area contributed by atoms with E-state index in [0.717, 1.165) is 6.92 Å². The molecule has 1 aromatic heterocycles. The highest BCUT2D eigenvalue weighted by atomic mass is 35.5. The fourth-order valence-corrected chi connectivity index (χ4v) is 6.28. The van der Waals surface area contributed by atoms with Gasteiger partial charge in [-0.1, -0.05) is 31.5 Å². The van der Waals surface area contributed by atoms with Crippen molar-refractivity contribution in [2.45, 2.75) is 70.3 Å². The Kier molecular flexibility index (Phi) is 9.78. The Morgan fingerprint density at radius 2 is 1.92 bits per heavy atom. The van der Waals surface area contributed by atoms with E-state index < -0.39 is 27.8 Å². The van der Waals surface area contributed by atoms with Gasteiger partial charge in [0.15, 0.2) is 5.69 Å². The van der Waals surface area contributed by atoms with Gasteiger partial charge in [0, 0.05) is 24.9 Å². The third kappa shape index (κ3) is 7.22. The summed E-state index contributed by atoms with van der Waals surface area (Å²) in [6, 6.07) is 4.81. The van der Waals surface area contributed by atoms with Gasteiger partial charge in [-0.25, -0.2) is 8.42 Å². The first-order chi connectivity index (χ1) is 17.8. The maximum Gasteiger partial charge on any atom is 0.391 e. The van der Waals surface area contributed by atoms with E-state index in [1.165, 1.54) is 13.4 Å². The molecule has 1 N–H and O–H groups in total. The Hall–Kier alpha value is -2.27. The number of carbonyl (C=O) groups excluding carboxylic acids is 1. The fraction of sp³-hybridized carbons (Fsp3) is 0.615. The molecule has 7 nitrogen and oxygen atoms in total. The van der Waals surface area contributed by atoms with Gasteiger partial charge in [-0.2, -0.15) is 18.3 Å². The van der Waals surface area contributed by atoms with E-state index in [9.17, 15) is 26.4 Å². The van der Waals surface area contributed by atoms with Crippen molar-refractivity contribution >= 4 is 27.3 Å². The molecular formula is C26H35ClF3N3O4S. The summed E-state index contributed by atoms with van der Waals surface area (Å²) in [5, 5.41) is 7.14. The number of hydrogen-bond donors (Lipinski definition) is 1. The summed E-state index contributed by atoms with van der Waals surface area (Å²) < 4.78 is 69.9. The quantitative estimate of drug-likeness (QED) is 0.391. The van der Waals surface area contributed by atoms with Gasteiger partial charge < -0.3 is 10.1 Å². The largest absolute Gasteiger partial charge is 0.496 e. The first-order valence-electron chi connectivity index (χ1n) is 12.7. The standard InChI is InChI=1S/C26H35ClF3N3O4S/c1-5-12-33-24(20-11-8-18(14-21(20)37-3)13-16(2)26(28,29)30)22(27)23(32-33)25(34)31-15-17-6-9-19(10-7-17)38(4,35)36/h8,11,14,16-17,19H,5-7,9-10,12-13,15H2,1-4H3,(H,31,34)/t16-,17?,19?/m1/s1. The second-order valence-corrected chi connectivity index (χ2v) is 12.8. The zero-order chi connectivity index (χ0) is 28.3. The second-order valence-electron chi connectivity index (χ2n) is 10.1. The molecule has 1 heterocycles. The fourth-order valence-electron chi connectivity index (χ4n) is 4.83. The van der Waals surface area contributed by atoms with Gasteiger partial charge in [0.1, 0.15) is 15.6 Å². The summed E-state index contributed by atoms with van der Waals surface area (Å²) in [6.07, 6.45) is 0.0399. The highest BCUT2D eigenvalue weighted by Gasteiger charge is 2.36. The van der Waals surface area contributed by atoms with Gasteiger partial charge in [-0.15, -0.1) is 0 Å². The van der Waals surface area contributed by atoms with E-state index in [1.54, 1.807) is 22.9 Å². The van der Waals surface area contributed by atoms with Crippen molar-refractivity contribution in [3.05, 3.63) is 34.5 Å². The molecule has 1 aliphatic carbocycles. The second kappa shape index (κ2) is 12.3. The normalized spacial score (nSPS) is 19.3. The lowest BCUT2D eigenvalue weighted by Gasteiger charge is -2.27. The minimum Gasteiger partial charge on any atom is -0.496 e. The van der Waals surface area contributed by atoms with Crippen LogP contribution in [-0.2, 0) is 22.8 Å². The summed E-state index contributed by atoms with van der Waals surface area (Å²) in [6.45, 7) is 3.94. The van der Waals surface area contributed by atoms with Crippen LogP contribution < -0.4 is 10.1 Å². The van der Waals surface area contributed by atoms with Crippen LogP contribution in [0.15, 0.2) is 18.2 Å². The number of hydrogen-bond acceptors (Lipinski definition) is 5. The minimum absolute atomic E-state index is 0.0526. The number of ether oxygens (including phenoxy) is 1. The molecule has 0 unspecified atom stereocenters. The predicted octanol–water partition coefficient (Wildman–Crippen LogP) is 5.70. The molecule has 0 aliphatic heterocycles. The maximum absolute atomic E-state index is 13.1. The molecule has 0 radical (unpaired) electrons. The Morgan fingerprint density at radius 3 is 2.47 bits per heavy atom. The summed E-state index contributed by atoms with van der Waals surface area (Å²) >= 11 is 6.68. The number of carbonyl (C=O) groups is 1. The van der Waals surface area contributed by atoms with E-state index >= 15 is 0 Å². The summed E-state index contributed by atoms with van der Waals surface area (Å²) in [4.78, 5) is 13.1. The number of rotatable bonds is 10.